The lowest BCUT2D eigenvalue weighted by atomic mass is 10.1. The van der Waals surface area contributed by atoms with Crippen LogP contribution >= 0.6 is 0 Å². The van der Waals surface area contributed by atoms with Crippen molar-refractivity contribution in [2.45, 2.75) is 31.7 Å². The lowest BCUT2D eigenvalue weighted by molar-refractivity contribution is -0.142. The van der Waals surface area contributed by atoms with Gasteiger partial charge in [0.2, 0.25) is 0 Å². The Morgan fingerprint density at radius 3 is 2.79 bits per heavy atom. The number of aromatic nitrogens is 1. The predicted octanol–water partition coefficient (Wildman–Crippen LogP) is 2.95. The summed E-state index contributed by atoms with van der Waals surface area (Å²) in [5.74, 6) is -1.32. The second-order valence-corrected chi connectivity index (χ2v) is 8.17. The molecule has 2 aromatic carbocycles. The summed E-state index contributed by atoms with van der Waals surface area (Å²) in [6, 6.07) is 11.6. The summed E-state index contributed by atoms with van der Waals surface area (Å²) in [5, 5.41) is 13.9. The van der Waals surface area contributed by atoms with Crippen LogP contribution in [0.2, 0.25) is 0 Å². The number of carbonyl (C=O) groups is 2. The van der Waals surface area contributed by atoms with Crippen LogP contribution in [0.1, 0.15) is 23.1 Å². The zero-order valence-electron chi connectivity index (χ0n) is 17.7. The number of carboxylic acid groups (broad SMARTS) is 1. The molecular formula is C25H22N2O6. The van der Waals surface area contributed by atoms with Crippen LogP contribution in [0, 0.1) is 0 Å². The molecule has 3 N–H and O–H groups in total. The number of carboxylic acids is 1. The lowest BCUT2D eigenvalue weighted by Gasteiger charge is -2.15. The molecule has 5 rings (SSSR count). The van der Waals surface area contributed by atoms with E-state index >= 15 is 0 Å². The number of benzene rings is 2. The molecule has 168 valence electrons. The molecular weight excluding hydrogens is 424 g/mol. The molecule has 0 bridgehead atoms. The van der Waals surface area contributed by atoms with E-state index in [2.05, 4.69) is 10.3 Å². The standard InChI is InChI=1S/C25H22N2O6/c28-23(27-21(24(29)30)10-14-12-26-20-7-2-1-4-16(14)20)13-32-15-8-9-18-17-5-3-6-19(17)25(31)33-22(18)11-15/h1-2,4,7-9,11-12,21,26H,3,5-6,10,13H2,(H,27,28)(H,29,30). The number of hydrogen-bond acceptors (Lipinski definition) is 5. The van der Waals surface area contributed by atoms with Crippen molar-refractivity contribution in [3.8, 4) is 5.75 Å². The van der Waals surface area contributed by atoms with Crippen molar-refractivity contribution in [2.24, 2.45) is 0 Å². The van der Waals surface area contributed by atoms with Gasteiger partial charge in [0.05, 0.1) is 0 Å². The minimum atomic E-state index is -1.13. The summed E-state index contributed by atoms with van der Waals surface area (Å²) in [6.45, 7) is -0.363. The molecule has 1 atom stereocenters. The Hall–Kier alpha value is -4.07. The van der Waals surface area contributed by atoms with Gasteiger partial charge in [0.25, 0.3) is 5.91 Å². The number of nitrogens with one attached hydrogen (secondary N) is 2. The number of aryl methyl sites for hydroxylation is 1. The first kappa shape index (κ1) is 20.8. The van der Waals surface area contributed by atoms with Crippen LogP contribution in [-0.2, 0) is 28.9 Å². The zero-order chi connectivity index (χ0) is 22.9. The second kappa shape index (κ2) is 8.46. The molecule has 33 heavy (non-hydrogen) atoms. The minimum absolute atomic E-state index is 0.136. The maximum Gasteiger partial charge on any atom is 0.339 e. The van der Waals surface area contributed by atoms with Crippen molar-refractivity contribution in [1.29, 1.82) is 0 Å². The zero-order valence-corrected chi connectivity index (χ0v) is 17.7. The van der Waals surface area contributed by atoms with Gasteiger partial charge in [-0.25, -0.2) is 9.59 Å². The Labute approximate surface area is 188 Å². The van der Waals surface area contributed by atoms with Gasteiger partial charge in [0.15, 0.2) is 6.61 Å². The van der Waals surface area contributed by atoms with Crippen LogP contribution in [0.15, 0.2) is 57.9 Å². The average Bonchev–Trinajstić information content (AvgIpc) is 3.45. The molecule has 4 aromatic rings. The molecule has 0 saturated carbocycles. The molecule has 1 amide bonds. The third-order valence-electron chi connectivity index (χ3n) is 6.05. The first-order valence-electron chi connectivity index (χ1n) is 10.8. The number of aliphatic carboxylic acids is 1. The number of carbonyl (C=O) groups excluding carboxylic acids is 1. The highest BCUT2D eigenvalue weighted by molar-refractivity contribution is 5.87. The molecule has 1 unspecified atom stereocenters. The van der Waals surface area contributed by atoms with E-state index < -0.39 is 17.9 Å². The number of hydrogen-bond donors (Lipinski definition) is 3. The summed E-state index contributed by atoms with van der Waals surface area (Å²) in [5.41, 5.74) is 3.56. The molecule has 0 radical (unpaired) electrons. The van der Waals surface area contributed by atoms with Crippen molar-refractivity contribution in [3.63, 3.8) is 0 Å². The van der Waals surface area contributed by atoms with Gasteiger partial charge in [-0.2, -0.15) is 0 Å². The molecule has 0 saturated heterocycles. The van der Waals surface area contributed by atoms with Crippen LogP contribution in [0.3, 0.4) is 0 Å². The van der Waals surface area contributed by atoms with E-state index in [1.807, 2.05) is 30.3 Å². The molecule has 0 fully saturated rings. The first-order chi connectivity index (χ1) is 16.0. The van der Waals surface area contributed by atoms with Gasteiger partial charge < -0.3 is 24.6 Å². The highest BCUT2D eigenvalue weighted by atomic mass is 16.5. The summed E-state index contributed by atoms with van der Waals surface area (Å²) in [4.78, 5) is 39.4. The fourth-order valence-corrected chi connectivity index (χ4v) is 4.46. The van der Waals surface area contributed by atoms with Crippen molar-refractivity contribution >= 4 is 33.7 Å². The fraction of sp³-hybridized carbons (Fsp3) is 0.240. The van der Waals surface area contributed by atoms with E-state index in [1.165, 1.54) is 0 Å². The quantitative estimate of drug-likeness (QED) is 0.375. The smallest absolute Gasteiger partial charge is 0.339 e. The second-order valence-electron chi connectivity index (χ2n) is 8.17. The predicted molar refractivity (Wildman–Crippen MR) is 122 cm³/mol. The number of H-pyrrole nitrogens is 1. The molecule has 2 heterocycles. The van der Waals surface area contributed by atoms with Gasteiger partial charge in [-0.15, -0.1) is 0 Å². The van der Waals surface area contributed by atoms with Gasteiger partial charge in [-0.1, -0.05) is 18.2 Å². The normalized spacial score (nSPS) is 13.7. The molecule has 2 aromatic heterocycles. The minimum Gasteiger partial charge on any atom is -0.484 e. The van der Waals surface area contributed by atoms with Gasteiger partial charge in [-0.05, 0) is 48.6 Å². The van der Waals surface area contributed by atoms with E-state index in [0.717, 1.165) is 52.2 Å². The molecule has 1 aliphatic rings. The number of para-hydroxylation sites is 1. The lowest BCUT2D eigenvalue weighted by Crippen LogP contribution is -2.44. The molecule has 1 aliphatic carbocycles. The Bertz CT molecular complexity index is 1430. The van der Waals surface area contributed by atoms with Crippen molar-refractivity contribution in [1.82, 2.24) is 10.3 Å². The van der Waals surface area contributed by atoms with E-state index in [0.29, 0.717) is 11.3 Å². The largest absolute Gasteiger partial charge is 0.484 e. The molecule has 8 nitrogen and oxygen atoms in total. The Kier molecular flexibility index (Phi) is 5.34. The summed E-state index contributed by atoms with van der Waals surface area (Å²) >= 11 is 0. The van der Waals surface area contributed by atoms with Crippen LogP contribution < -0.4 is 15.7 Å². The number of ether oxygens (including phenoxy) is 1. The van der Waals surface area contributed by atoms with Gasteiger partial charge in [-0.3, -0.25) is 4.79 Å². The van der Waals surface area contributed by atoms with Crippen molar-refractivity contribution in [2.75, 3.05) is 6.61 Å². The topological polar surface area (TPSA) is 122 Å². The van der Waals surface area contributed by atoms with Crippen molar-refractivity contribution in [3.05, 3.63) is 75.8 Å². The summed E-state index contributed by atoms with van der Waals surface area (Å²) in [7, 11) is 0. The van der Waals surface area contributed by atoms with E-state index in [1.54, 1.807) is 18.3 Å². The number of rotatable bonds is 7. The third kappa shape index (κ3) is 4.07. The number of amides is 1. The van der Waals surface area contributed by atoms with Gasteiger partial charge in [0, 0.05) is 40.5 Å². The first-order valence-corrected chi connectivity index (χ1v) is 10.8. The van der Waals surface area contributed by atoms with E-state index in [4.69, 9.17) is 9.15 Å². The summed E-state index contributed by atoms with van der Waals surface area (Å²) < 4.78 is 11.0. The highest BCUT2D eigenvalue weighted by Crippen LogP contribution is 2.29. The maximum atomic E-state index is 12.4. The highest BCUT2D eigenvalue weighted by Gasteiger charge is 2.23. The van der Waals surface area contributed by atoms with Crippen LogP contribution in [-0.4, -0.2) is 34.6 Å². The molecule has 0 aliphatic heterocycles. The maximum absolute atomic E-state index is 12.4. The monoisotopic (exact) mass is 446 g/mol. The third-order valence-corrected chi connectivity index (χ3v) is 6.05. The van der Waals surface area contributed by atoms with Gasteiger partial charge in [0.1, 0.15) is 17.4 Å². The van der Waals surface area contributed by atoms with Crippen LogP contribution in [0.5, 0.6) is 5.75 Å². The van der Waals surface area contributed by atoms with E-state index in [9.17, 15) is 19.5 Å². The Morgan fingerprint density at radius 1 is 1.12 bits per heavy atom. The molecule has 8 heteroatoms. The summed E-state index contributed by atoms with van der Waals surface area (Å²) in [6.07, 6.45) is 4.39. The number of aromatic amines is 1. The van der Waals surface area contributed by atoms with Crippen LogP contribution in [0.4, 0.5) is 0 Å². The number of fused-ring (bicyclic) bond motifs is 4. The SMILES string of the molecule is O=C(COc1ccc2c3c(c(=O)oc2c1)CCC3)NC(Cc1c[nH]c2ccccc12)C(=O)O. The van der Waals surface area contributed by atoms with E-state index in [-0.39, 0.29) is 18.7 Å². The van der Waals surface area contributed by atoms with Crippen LogP contribution in [0.25, 0.3) is 21.9 Å². The average molecular weight is 446 g/mol. The molecule has 0 spiro atoms. The van der Waals surface area contributed by atoms with Gasteiger partial charge >= 0.3 is 11.6 Å². The van der Waals surface area contributed by atoms with Crippen molar-refractivity contribution < 1.29 is 23.8 Å². The Balaban J connectivity index is 1.26. The Morgan fingerprint density at radius 2 is 1.94 bits per heavy atom. The fourth-order valence-electron chi connectivity index (χ4n) is 4.46.